The second-order valence-electron chi connectivity index (χ2n) is 5.32. The molecule has 0 saturated carbocycles. The standard InChI is InChI=1S/C11H7F15O3/c1-29-4(28)3(27)2-5(12,13)6(14,15)7(16,17)8(18,19)9(20,21)10(22,23)11(24,25)26/h3,27H,2H2,1H3. The number of ether oxygens (including phenoxy) is 1. The SMILES string of the molecule is COC(=O)C(O)CC(F)(F)C(F)(F)C(F)(F)C(F)(F)C(F)(F)C(F)(F)C(F)(F)F. The van der Waals surface area contributed by atoms with Crippen LogP contribution in [0.5, 0.6) is 0 Å². The fourth-order valence-corrected chi connectivity index (χ4v) is 1.59. The first-order valence-electron chi connectivity index (χ1n) is 6.46. The van der Waals surface area contributed by atoms with Gasteiger partial charge in [0, 0.05) is 0 Å². The van der Waals surface area contributed by atoms with Gasteiger partial charge in [0.25, 0.3) is 0 Å². The zero-order chi connectivity index (χ0) is 24.1. The molecule has 1 N–H and O–H groups in total. The van der Waals surface area contributed by atoms with Crippen molar-refractivity contribution in [2.24, 2.45) is 0 Å². The quantitative estimate of drug-likeness (QED) is 0.424. The molecule has 29 heavy (non-hydrogen) atoms. The average molecular weight is 472 g/mol. The van der Waals surface area contributed by atoms with Gasteiger partial charge in [-0.3, -0.25) is 0 Å². The Morgan fingerprint density at radius 3 is 1.31 bits per heavy atom. The van der Waals surface area contributed by atoms with Gasteiger partial charge in [-0.15, -0.1) is 0 Å². The van der Waals surface area contributed by atoms with Crippen LogP contribution < -0.4 is 0 Å². The number of alkyl halides is 15. The van der Waals surface area contributed by atoms with Crippen LogP contribution in [0, 0.1) is 0 Å². The van der Waals surface area contributed by atoms with Crippen molar-refractivity contribution < 1.29 is 80.5 Å². The minimum Gasteiger partial charge on any atom is -0.467 e. The van der Waals surface area contributed by atoms with E-state index in [1.54, 1.807) is 0 Å². The molecule has 18 heteroatoms. The fraction of sp³-hybridized carbons (Fsp3) is 0.909. The summed E-state index contributed by atoms with van der Waals surface area (Å²) in [6.07, 6.45) is -14.3. The third kappa shape index (κ3) is 3.90. The number of methoxy groups -OCH3 is 1. The van der Waals surface area contributed by atoms with Crippen molar-refractivity contribution in [1.29, 1.82) is 0 Å². The van der Waals surface area contributed by atoms with Gasteiger partial charge in [-0.05, 0) is 0 Å². The summed E-state index contributed by atoms with van der Waals surface area (Å²) in [6.45, 7) is 0. The van der Waals surface area contributed by atoms with Crippen LogP contribution in [0.1, 0.15) is 6.42 Å². The van der Waals surface area contributed by atoms with Gasteiger partial charge in [-0.25, -0.2) is 4.79 Å². The minimum absolute atomic E-state index is 0.338. The third-order valence-electron chi connectivity index (χ3n) is 3.32. The molecule has 0 spiro atoms. The van der Waals surface area contributed by atoms with E-state index in [0.29, 0.717) is 7.11 Å². The molecule has 0 aromatic heterocycles. The lowest BCUT2D eigenvalue weighted by atomic mass is 9.89. The first kappa shape index (κ1) is 27.4. The van der Waals surface area contributed by atoms with Gasteiger partial charge in [0.2, 0.25) is 0 Å². The number of aliphatic hydroxyl groups excluding tert-OH is 1. The molecule has 0 aromatic rings. The third-order valence-corrected chi connectivity index (χ3v) is 3.32. The number of carbonyl (C=O) groups excluding carboxylic acids is 1. The Morgan fingerprint density at radius 1 is 0.690 bits per heavy atom. The Hall–Kier alpha value is -1.62. The van der Waals surface area contributed by atoms with Crippen molar-refractivity contribution in [1.82, 2.24) is 0 Å². The summed E-state index contributed by atoms with van der Waals surface area (Å²) in [4.78, 5) is 10.6. The van der Waals surface area contributed by atoms with Crippen molar-refractivity contribution in [3.05, 3.63) is 0 Å². The summed E-state index contributed by atoms with van der Waals surface area (Å²) < 4.78 is 196. The molecule has 0 aliphatic rings. The highest BCUT2D eigenvalue weighted by molar-refractivity contribution is 5.74. The molecule has 1 atom stereocenters. The van der Waals surface area contributed by atoms with E-state index >= 15 is 0 Å². The molecule has 0 aliphatic heterocycles. The molecule has 0 bridgehead atoms. The number of hydrogen-bond acceptors (Lipinski definition) is 3. The monoisotopic (exact) mass is 472 g/mol. The lowest BCUT2D eigenvalue weighted by Crippen LogP contribution is -2.72. The van der Waals surface area contributed by atoms with Crippen molar-refractivity contribution in [3.8, 4) is 0 Å². The Bertz CT molecular complexity index is 609. The van der Waals surface area contributed by atoms with Gasteiger partial charge >= 0.3 is 47.7 Å². The molecule has 0 rings (SSSR count). The Morgan fingerprint density at radius 2 is 1.00 bits per heavy atom. The van der Waals surface area contributed by atoms with Gasteiger partial charge in [-0.2, -0.15) is 65.9 Å². The summed E-state index contributed by atoms with van der Waals surface area (Å²) in [5, 5.41) is 8.74. The smallest absolute Gasteiger partial charge is 0.460 e. The van der Waals surface area contributed by atoms with Crippen molar-refractivity contribution >= 4 is 5.97 Å². The van der Waals surface area contributed by atoms with Crippen LogP contribution >= 0.6 is 0 Å². The first-order valence-corrected chi connectivity index (χ1v) is 6.46. The number of aliphatic hydroxyl groups is 1. The molecule has 0 fully saturated rings. The lowest BCUT2D eigenvalue weighted by molar-refractivity contribution is -0.453. The van der Waals surface area contributed by atoms with E-state index in [1.165, 1.54) is 0 Å². The van der Waals surface area contributed by atoms with Crippen molar-refractivity contribution in [3.63, 3.8) is 0 Å². The summed E-state index contributed by atoms with van der Waals surface area (Å²) in [6, 6.07) is 0. The lowest BCUT2D eigenvalue weighted by Gasteiger charge is -2.41. The summed E-state index contributed by atoms with van der Waals surface area (Å²) in [7, 11) is 0.338. The molecule has 0 amide bonds. The van der Waals surface area contributed by atoms with Crippen LogP contribution in [0.25, 0.3) is 0 Å². The van der Waals surface area contributed by atoms with E-state index in [2.05, 4.69) is 4.74 Å². The molecular formula is C11H7F15O3. The van der Waals surface area contributed by atoms with E-state index in [0.717, 1.165) is 0 Å². The molecular weight excluding hydrogens is 465 g/mol. The number of hydrogen-bond donors (Lipinski definition) is 1. The second kappa shape index (κ2) is 7.26. The van der Waals surface area contributed by atoms with Gasteiger partial charge in [0.05, 0.1) is 13.5 Å². The first-order chi connectivity index (χ1) is 12.4. The predicted molar refractivity (Wildman–Crippen MR) is 58.4 cm³/mol. The largest absolute Gasteiger partial charge is 0.467 e. The van der Waals surface area contributed by atoms with Gasteiger partial charge < -0.3 is 9.84 Å². The highest BCUT2D eigenvalue weighted by Gasteiger charge is 2.93. The predicted octanol–water partition coefficient (Wildman–Crippen LogP) is 4.28. The minimum atomic E-state index is -8.41. The maximum absolute atomic E-state index is 13.3. The summed E-state index contributed by atoms with van der Waals surface area (Å²) >= 11 is 0. The maximum Gasteiger partial charge on any atom is 0.460 e. The van der Waals surface area contributed by atoms with Gasteiger partial charge in [-0.1, -0.05) is 0 Å². The van der Waals surface area contributed by atoms with E-state index in [4.69, 9.17) is 5.11 Å². The van der Waals surface area contributed by atoms with E-state index in [9.17, 15) is 70.7 Å². The van der Waals surface area contributed by atoms with E-state index < -0.39 is 60.2 Å². The highest BCUT2D eigenvalue weighted by Crippen LogP contribution is 2.62. The maximum atomic E-state index is 13.3. The van der Waals surface area contributed by atoms with Crippen LogP contribution in [0.2, 0.25) is 0 Å². The van der Waals surface area contributed by atoms with Gasteiger partial charge in [0.15, 0.2) is 6.10 Å². The molecule has 0 aromatic carbocycles. The van der Waals surface area contributed by atoms with E-state index in [1.807, 2.05) is 0 Å². The molecule has 0 aliphatic carbocycles. The highest BCUT2D eigenvalue weighted by atomic mass is 19.4. The van der Waals surface area contributed by atoms with Crippen molar-refractivity contribution in [2.75, 3.05) is 7.11 Å². The molecule has 1 unspecified atom stereocenters. The second-order valence-corrected chi connectivity index (χ2v) is 5.32. The normalized spacial score (nSPS) is 16.6. The van der Waals surface area contributed by atoms with Crippen LogP contribution in [0.4, 0.5) is 65.9 Å². The van der Waals surface area contributed by atoms with Crippen LogP contribution in [0.15, 0.2) is 0 Å². The van der Waals surface area contributed by atoms with Crippen molar-refractivity contribution in [2.45, 2.75) is 54.2 Å². The van der Waals surface area contributed by atoms with Gasteiger partial charge in [0.1, 0.15) is 0 Å². The number of rotatable bonds is 8. The molecule has 0 radical (unpaired) electrons. The van der Waals surface area contributed by atoms with Crippen LogP contribution in [0.3, 0.4) is 0 Å². The zero-order valence-corrected chi connectivity index (χ0v) is 13.2. The average Bonchev–Trinajstić information content (AvgIpc) is 2.51. The summed E-state index contributed by atoms with van der Waals surface area (Å²) in [5.41, 5.74) is 0. The zero-order valence-electron chi connectivity index (χ0n) is 13.2. The molecule has 3 nitrogen and oxygen atoms in total. The number of carbonyl (C=O) groups is 1. The number of halogens is 15. The molecule has 174 valence electrons. The Labute approximate surface area is 149 Å². The fourth-order valence-electron chi connectivity index (χ4n) is 1.59. The summed E-state index contributed by atoms with van der Waals surface area (Å²) in [5.74, 6) is -49.8. The topological polar surface area (TPSA) is 46.5 Å². The number of esters is 1. The Balaban J connectivity index is 6.39. The van der Waals surface area contributed by atoms with E-state index in [-0.39, 0.29) is 0 Å². The molecule has 0 heterocycles. The molecule has 0 saturated heterocycles. The van der Waals surface area contributed by atoms with Crippen LogP contribution in [-0.2, 0) is 9.53 Å². The Kier molecular flexibility index (Phi) is 6.85. The van der Waals surface area contributed by atoms with Crippen LogP contribution in [-0.4, -0.2) is 66.0 Å².